The molecule has 110 valence electrons. The minimum Gasteiger partial charge on any atom is -0.757 e. The van der Waals surface area contributed by atoms with Gasteiger partial charge in [-0.3, -0.25) is 0 Å². The summed E-state index contributed by atoms with van der Waals surface area (Å²) in [6.07, 6.45) is 1.41. The number of aryl methyl sites for hydroxylation is 1. The van der Waals surface area contributed by atoms with E-state index in [-0.39, 0.29) is 16.3 Å². The molecule has 1 heterocycles. The molecule has 0 aliphatic carbocycles. The van der Waals surface area contributed by atoms with Crippen molar-refractivity contribution in [2.24, 2.45) is 0 Å². The standard InChI is InChI=1S/C15H12N4O2S/c1-12-13(7-8-19(18-12)14(9-16)10-17)11-22(20,21)15-5-3-2-4-6-15/h2-8H,11H2,1H3. The van der Waals surface area contributed by atoms with Crippen molar-refractivity contribution in [1.29, 1.82) is 5.26 Å². The molecule has 0 fully saturated rings. The number of nitriles is 1. The van der Waals surface area contributed by atoms with Crippen molar-refractivity contribution >= 4 is 21.4 Å². The predicted molar refractivity (Wildman–Crippen MR) is 80.2 cm³/mol. The van der Waals surface area contributed by atoms with Gasteiger partial charge in [-0.25, -0.2) is 8.42 Å². The Kier molecular flexibility index (Phi) is 4.47. The van der Waals surface area contributed by atoms with E-state index in [2.05, 4.69) is 5.10 Å². The maximum Gasteiger partial charge on any atom is 0.335 e. The summed E-state index contributed by atoms with van der Waals surface area (Å²) in [6, 6.07) is 11.4. The molecule has 0 amide bonds. The number of allylic oxidation sites excluding steroid dienone is 1. The Bertz CT molecular complexity index is 893. The molecule has 0 aliphatic heterocycles. The van der Waals surface area contributed by atoms with Crippen LogP contribution in [-0.4, -0.2) is 19.4 Å². The second-order valence-corrected chi connectivity index (χ2v) is 6.50. The fraction of sp³-hybridized carbons (Fsp3) is 0.133. The van der Waals surface area contributed by atoms with Gasteiger partial charge in [-0.05, 0) is 23.7 Å². The van der Waals surface area contributed by atoms with Gasteiger partial charge in [0.25, 0.3) is 0 Å². The first-order valence-electron chi connectivity index (χ1n) is 6.32. The zero-order valence-electron chi connectivity index (χ0n) is 11.8. The van der Waals surface area contributed by atoms with Crippen molar-refractivity contribution in [3.05, 3.63) is 59.3 Å². The second-order valence-electron chi connectivity index (χ2n) is 4.52. The largest absolute Gasteiger partial charge is 0.757 e. The molecule has 1 aromatic carbocycles. The fourth-order valence-corrected chi connectivity index (χ4v) is 3.31. The molecule has 0 aliphatic rings. The first kappa shape index (κ1) is 15.6. The number of rotatable bonds is 4. The molecule has 0 saturated heterocycles. The van der Waals surface area contributed by atoms with E-state index in [0.717, 1.165) is 4.68 Å². The topological polar surface area (TPSA) is 97.0 Å². The third kappa shape index (κ3) is 3.26. The minimum absolute atomic E-state index is 0.180. The molecule has 0 N–H and O–H groups in total. The molecule has 6 nitrogen and oxygen atoms in total. The van der Waals surface area contributed by atoms with Crippen LogP contribution in [0.3, 0.4) is 0 Å². The van der Waals surface area contributed by atoms with Gasteiger partial charge in [-0.15, -0.1) is 0 Å². The summed E-state index contributed by atoms with van der Waals surface area (Å²) >= 11 is 0. The summed E-state index contributed by atoms with van der Waals surface area (Å²) in [6.45, 7) is 1.64. The normalized spacial score (nSPS) is 10.5. The maximum atomic E-state index is 12.3. The van der Waals surface area contributed by atoms with Crippen molar-refractivity contribution in [3.63, 3.8) is 0 Å². The first-order chi connectivity index (χ1) is 10.5. The highest BCUT2D eigenvalue weighted by atomic mass is 32.2. The van der Waals surface area contributed by atoms with Crippen LogP contribution in [0.1, 0.15) is 11.3 Å². The molecular formula is C15H12N4O2S. The summed E-state index contributed by atoms with van der Waals surface area (Å²) in [4.78, 5) is 0.243. The number of nitrogens with zero attached hydrogens (tertiary/aromatic N) is 4. The Hall–Kier alpha value is -2.81. The molecule has 22 heavy (non-hydrogen) atoms. The highest BCUT2D eigenvalue weighted by Crippen LogP contribution is 2.16. The zero-order chi connectivity index (χ0) is 16.2. The average Bonchev–Trinajstić information content (AvgIpc) is 2.52. The van der Waals surface area contributed by atoms with Crippen molar-refractivity contribution in [2.45, 2.75) is 17.6 Å². The van der Waals surface area contributed by atoms with Gasteiger partial charge in [0.15, 0.2) is 15.9 Å². The van der Waals surface area contributed by atoms with Crippen LogP contribution >= 0.6 is 0 Å². The molecular weight excluding hydrogens is 300 g/mol. The van der Waals surface area contributed by atoms with Crippen molar-refractivity contribution in [1.82, 2.24) is 5.10 Å². The van der Waals surface area contributed by atoms with Gasteiger partial charge in [0.1, 0.15) is 5.69 Å². The van der Waals surface area contributed by atoms with E-state index in [4.69, 9.17) is 10.7 Å². The van der Waals surface area contributed by atoms with E-state index in [0.29, 0.717) is 11.3 Å². The molecule has 7 heteroatoms. The number of aromatic nitrogens is 2. The summed E-state index contributed by atoms with van der Waals surface area (Å²) in [7, 11) is -3.47. The van der Waals surface area contributed by atoms with Crippen LogP contribution in [0.25, 0.3) is 11.1 Å². The third-order valence-corrected chi connectivity index (χ3v) is 4.71. The van der Waals surface area contributed by atoms with Gasteiger partial charge in [0.05, 0.1) is 10.6 Å². The SMILES string of the molecule is Cc1n[n+](C(=C=[N-])C#N)ccc1CS(=O)(=O)c1ccccc1. The molecule has 0 saturated carbocycles. The highest BCUT2D eigenvalue weighted by Gasteiger charge is 2.19. The van der Waals surface area contributed by atoms with Crippen molar-refractivity contribution in [3.8, 4) is 6.07 Å². The smallest absolute Gasteiger partial charge is 0.335 e. The van der Waals surface area contributed by atoms with Gasteiger partial charge >= 0.3 is 5.70 Å². The molecule has 0 bridgehead atoms. The number of sulfone groups is 1. The predicted octanol–water partition coefficient (Wildman–Crippen LogP) is 1.26. The molecule has 1 aromatic heterocycles. The van der Waals surface area contributed by atoms with E-state index >= 15 is 0 Å². The van der Waals surface area contributed by atoms with Gasteiger partial charge < -0.3 is 5.41 Å². The van der Waals surface area contributed by atoms with Crippen LogP contribution in [0.15, 0.2) is 47.5 Å². The molecule has 0 spiro atoms. The lowest BCUT2D eigenvalue weighted by molar-refractivity contribution is -0.642. The Morgan fingerprint density at radius 2 is 2.00 bits per heavy atom. The minimum atomic E-state index is -3.47. The van der Waals surface area contributed by atoms with Crippen LogP contribution in [0.2, 0.25) is 0 Å². The number of hydrogen-bond donors (Lipinski definition) is 0. The molecule has 0 radical (unpaired) electrons. The lowest BCUT2D eigenvalue weighted by Gasteiger charge is -2.05. The van der Waals surface area contributed by atoms with Crippen LogP contribution in [0.4, 0.5) is 0 Å². The summed E-state index contributed by atoms with van der Waals surface area (Å²) in [5.74, 6) is 1.54. The zero-order valence-corrected chi connectivity index (χ0v) is 12.6. The Labute approximate surface area is 128 Å². The van der Waals surface area contributed by atoms with E-state index in [9.17, 15) is 8.42 Å². The maximum absolute atomic E-state index is 12.3. The average molecular weight is 312 g/mol. The third-order valence-electron chi connectivity index (χ3n) is 3.03. The van der Waals surface area contributed by atoms with Gasteiger partial charge in [0, 0.05) is 16.7 Å². The van der Waals surface area contributed by atoms with Crippen LogP contribution < -0.4 is 4.68 Å². The fourth-order valence-electron chi connectivity index (χ4n) is 1.86. The Morgan fingerprint density at radius 1 is 1.32 bits per heavy atom. The second kappa shape index (κ2) is 6.31. The highest BCUT2D eigenvalue weighted by molar-refractivity contribution is 7.90. The van der Waals surface area contributed by atoms with Gasteiger partial charge in [-0.1, -0.05) is 18.2 Å². The molecule has 0 unspecified atom stereocenters. The van der Waals surface area contributed by atoms with Crippen LogP contribution in [0.5, 0.6) is 0 Å². The Morgan fingerprint density at radius 3 is 2.55 bits per heavy atom. The number of benzene rings is 1. The van der Waals surface area contributed by atoms with Crippen molar-refractivity contribution in [2.75, 3.05) is 0 Å². The first-order valence-corrected chi connectivity index (χ1v) is 7.97. The lowest BCUT2D eigenvalue weighted by Crippen LogP contribution is -2.37. The monoisotopic (exact) mass is 312 g/mol. The van der Waals surface area contributed by atoms with Gasteiger partial charge in [-0.2, -0.15) is 11.1 Å². The van der Waals surface area contributed by atoms with E-state index < -0.39 is 9.84 Å². The summed E-state index contributed by atoms with van der Waals surface area (Å²) in [5, 5.41) is 21.7. The van der Waals surface area contributed by atoms with E-state index in [1.165, 1.54) is 6.20 Å². The van der Waals surface area contributed by atoms with E-state index in [1.807, 2.05) is 0 Å². The van der Waals surface area contributed by atoms with Crippen molar-refractivity contribution < 1.29 is 13.1 Å². The molecule has 2 rings (SSSR count). The van der Waals surface area contributed by atoms with Crippen LogP contribution in [-0.2, 0) is 15.6 Å². The molecule has 2 aromatic rings. The summed E-state index contributed by atoms with van der Waals surface area (Å²) in [5.41, 5.74) is 0.793. The summed E-state index contributed by atoms with van der Waals surface area (Å²) < 4.78 is 25.8. The van der Waals surface area contributed by atoms with E-state index in [1.54, 1.807) is 55.3 Å². The lowest BCUT2D eigenvalue weighted by atomic mass is 10.2. The van der Waals surface area contributed by atoms with Crippen LogP contribution in [0, 0.1) is 18.3 Å². The quantitative estimate of drug-likeness (QED) is 0.482. The Balaban J connectivity index is 2.36. The van der Waals surface area contributed by atoms with Gasteiger partial charge in [0.2, 0.25) is 6.20 Å². The number of hydrogen-bond acceptors (Lipinski definition) is 4. The molecule has 0 atom stereocenters.